The Labute approximate surface area is 123 Å². The van der Waals surface area contributed by atoms with Crippen LogP contribution in [0, 0.1) is 5.92 Å². The molecule has 21 heavy (non-hydrogen) atoms. The van der Waals surface area contributed by atoms with Crippen molar-refractivity contribution in [1.29, 1.82) is 0 Å². The Morgan fingerprint density at radius 1 is 1.24 bits per heavy atom. The summed E-state index contributed by atoms with van der Waals surface area (Å²) in [7, 11) is 1.39. The minimum Gasteiger partial charge on any atom is -0.469 e. The topological polar surface area (TPSA) is 71.2 Å². The maximum Gasteiger partial charge on any atom is 0.308 e. The van der Waals surface area contributed by atoms with Gasteiger partial charge in [0, 0.05) is 11.9 Å². The van der Waals surface area contributed by atoms with Crippen molar-refractivity contribution in [2.75, 3.05) is 12.4 Å². The zero-order valence-electron chi connectivity index (χ0n) is 12.1. The molecular weight excluding hydrogens is 268 g/mol. The lowest BCUT2D eigenvalue weighted by Crippen LogP contribution is -2.15. The number of nitrogens with one attached hydrogen (secondary N) is 2. The van der Waals surface area contributed by atoms with Crippen molar-refractivity contribution in [3.05, 3.63) is 53.9 Å². The number of methoxy groups -OCH3 is 1. The summed E-state index contributed by atoms with van der Waals surface area (Å²) in [6.07, 6.45) is 2.31. The van der Waals surface area contributed by atoms with Crippen molar-refractivity contribution in [2.24, 2.45) is 5.92 Å². The van der Waals surface area contributed by atoms with Crippen LogP contribution < -0.4 is 5.32 Å². The molecule has 5 heteroatoms. The fraction of sp³-hybridized carbons (Fsp3) is 0.250. The number of amides is 1. The molecule has 1 aromatic heterocycles. The fourth-order valence-electron chi connectivity index (χ4n) is 2.03. The van der Waals surface area contributed by atoms with E-state index in [2.05, 4.69) is 10.3 Å². The van der Waals surface area contributed by atoms with Gasteiger partial charge in [0.1, 0.15) is 5.69 Å². The van der Waals surface area contributed by atoms with Crippen LogP contribution in [-0.4, -0.2) is 24.0 Å². The second-order valence-electron chi connectivity index (χ2n) is 4.86. The van der Waals surface area contributed by atoms with E-state index in [0.717, 1.165) is 5.56 Å². The van der Waals surface area contributed by atoms with Gasteiger partial charge >= 0.3 is 5.97 Å². The molecule has 1 atom stereocenters. The highest BCUT2D eigenvalue weighted by atomic mass is 16.5. The minimum absolute atomic E-state index is 0.185. The van der Waals surface area contributed by atoms with Gasteiger partial charge in [-0.3, -0.25) is 9.59 Å². The first-order valence-corrected chi connectivity index (χ1v) is 6.71. The van der Waals surface area contributed by atoms with Gasteiger partial charge in [-0.05, 0) is 36.2 Å². The third kappa shape index (κ3) is 3.95. The summed E-state index contributed by atoms with van der Waals surface area (Å²) < 4.78 is 4.70. The number of hydrogen-bond donors (Lipinski definition) is 2. The van der Waals surface area contributed by atoms with Gasteiger partial charge in [-0.2, -0.15) is 0 Å². The second-order valence-corrected chi connectivity index (χ2v) is 4.86. The van der Waals surface area contributed by atoms with Gasteiger partial charge in [-0.15, -0.1) is 0 Å². The Kier molecular flexibility index (Phi) is 4.77. The first kappa shape index (κ1) is 14.8. The largest absolute Gasteiger partial charge is 0.469 e. The maximum absolute atomic E-state index is 11.9. The monoisotopic (exact) mass is 286 g/mol. The van der Waals surface area contributed by atoms with Gasteiger partial charge in [-0.1, -0.05) is 19.1 Å². The Hall–Kier alpha value is -2.56. The van der Waals surface area contributed by atoms with E-state index in [1.807, 2.05) is 31.2 Å². The quantitative estimate of drug-likeness (QED) is 0.830. The molecule has 2 aromatic rings. The van der Waals surface area contributed by atoms with Crippen LogP contribution in [0.4, 0.5) is 5.69 Å². The highest BCUT2D eigenvalue weighted by molar-refractivity contribution is 6.02. The Bertz CT molecular complexity index is 603. The number of carbonyl (C=O) groups is 2. The molecule has 0 saturated heterocycles. The van der Waals surface area contributed by atoms with Crippen LogP contribution >= 0.6 is 0 Å². The molecule has 2 N–H and O–H groups in total. The van der Waals surface area contributed by atoms with Gasteiger partial charge in [0.2, 0.25) is 0 Å². The molecule has 0 saturated carbocycles. The molecular formula is C16H18N2O3. The number of ether oxygens (including phenoxy) is 1. The van der Waals surface area contributed by atoms with E-state index < -0.39 is 0 Å². The number of esters is 1. The van der Waals surface area contributed by atoms with Gasteiger partial charge in [0.25, 0.3) is 5.91 Å². The van der Waals surface area contributed by atoms with Crippen molar-refractivity contribution in [3.63, 3.8) is 0 Å². The van der Waals surface area contributed by atoms with Crippen LogP contribution in [0.15, 0.2) is 42.6 Å². The molecule has 0 bridgehead atoms. The first-order valence-electron chi connectivity index (χ1n) is 6.71. The van der Waals surface area contributed by atoms with Crippen LogP contribution in [-0.2, 0) is 16.0 Å². The molecule has 1 heterocycles. The van der Waals surface area contributed by atoms with Crippen molar-refractivity contribution in [2.45, 2.75) is 13.3 Å². The molecule has 0 aliphatic rings. The van der Waals surface area contributed by atoms with E-state index in [1.165, 1.54) is 7.11 Å². The number of hydrogen-bond acceptors (Lipinski definition) is 3. The van der Waals surface area contributed by atoms with Crippen molar-refractivity contribution in [3.8, 4) is 0 Å². The smallest absolute Gasteiger partial charge is 0.308 e. The van der Waals surface area contributed by atoms with Crippen LogP contribution in [0.2, 0.25) is 0 Å². The number of aromatic amines is 1. The molecule has 110 valence electrons. The highest BCUT2D eigenvalue weighted by Crippen LogP contribution is 2.14. The Morgan fingerprint density at radius 3 is 2.52 bits per heavy atom. The lowest BCUT2D eigenvalue weighted by Gasteiger charge is -2.10. The van der Waals surface area contributed by atoms with Gasteiger partial charge in [-0.25, -0.2) is 0 Å². The normalized spacial score (nSPS) is 11.7. The third-order valence-corrected chi connectivity index (χ3v) is 3.20. The molecule has 0 fully saturated rings. The molecule has 1 amide bonds. The molecule has 2 rings (SSSR count). The van der Waals surface area contributed by atoms with E-state index >= 15 is 0 Å². The molecule has 0 aliphatic heterocycles. The summed E-state index contributed by atoms with van der Waals surface area (Å²) in [5.74, 6) is -0.593. The number of benzene rings is 1. The highest BCUT2D eigenvalue weighted by Gasteiger charge is 2.13. The molecule has 0 aliphatic carbocycles. The first-order chi connectivity index (χ1) is 10.1. The minimum atomic E-state index is -0.223. The predicted octanol–water partition coefficient (Wildman–Crippen LogP) is 2.62. The lowest BCUT2D eigenvalue weighted by atomic mass is 10.0. The van der Waals surface area contributed by atoms with Gasteiger partial charge in [0.05, 0.1) is 13.0 Å². The van der Waals surface area contributed by atoms with E-state index in [-0.39, 0.29) is 17.8 Å². The van der Waals surface area contributed by atoms with E-state index in [0.29, 0.717) is 17.8 Å². The average Bonchev–Trinajstić information content (AvgIpc) is 3.02. The van der Waals surface area contributed by atoms with Crippen molar-refractivity contribution < 1.29 is 14.3 Å². The van der Waals surface area contributed by atoms with Crippen LogP contribution in [0.5, 0.6) is 0 Å². The Morgan fingerprint density at radius 2 is 1.95 bits per heavy atom. The zero-order chi connectivity index (χ0) is 15.2. The van der Waals surface area contributed by atoms with Gasteiger partial charge < -0.3 is 15.0 Å². The molecule has 5 nitrogen and oxygen atoms in total. The summed E-state index contributed by atoms with van der Waals surface area (Å²) in [6.45, 7) is 1.83. The molecule has 1 aromatic carbocycles. The SMILES string of the molecule is COC(=O)C(C)Cc1ccc(NC(=O)c2ccc[nH]2)cc1. The summed E-state index contributed by atoms with van der Waals surface area (Å²) in [4.78, 5) is 26.1. The van der Waals surface area contributed by atoms with E-state index in [1.54, 1.807) is 18.3 Å². The van der Waals surface area contributed by atoms with Crippen LogP contribution in [0.25, 0.3) is 0 Å². The van der Waals surface area contributed by atoms with Crippen molar-refractivity contribution in [1.82, 2.24) is 4.98 Å². The second kappa shape index (κ2) is 6.74. The zero-order valence-corrected chi connectivity index (χ0v) is 12.1. The average molecular weight is 286 g/mol. The number of carbonyl (C=O) groups excluding carboxylic acids is 2. The lowest BCUT2D eigenvalue weighted by molar-refractivity contribution is -0.144. The maximum atomic E-state index is 11.9. The van der Waals surface area contributed by atoms with Gasteiger partial charge in [0.15, 0.2) is 0 Å². The third-order valence-electron chi connectivity index (χ3n) is 3.20. The molecule has 0 spiro atoms. The summed E-state index contributed by atoms with van der Waals surface area (Å²) in [5.41, 5.74) is 2.24. The predicted molar refractivity (Wildman–Crippen MR) is 80.1 cm³/mol. The summed E-state index contributed by atoms with van der Waals surface area (Å²) in [6, 6.07) is 10.9. The number of rotatable bonds is 5. The van der Waals surface area contributed by atoms with E-state index in [4.69, 9.17) is 4.74 Å². The standard InChI is InChI=1S/C16H18N2O3/c1-11(16(20)21-2)10-12-5-7-13(8-6-12)18-15(19)14-4-3-9-17-14/h3-9,11,17H,10H2,1-2H3,(H,18,19). The number of aromatic nitrogens is 1. The summed E-state index contributed by atoms with van der Waals surface area (Å²) >= 11 is 0. The van der Waals surface area contributed by atoms with Crippen molar-refractivity contribution >= 4 is 17.6 Å². The molecule has 1 unspecified atom stereocenters. The van der Waals surface area contributed by atoms with Crippen LogP contribution in [0.3, 0.4) is 0 Å². The fourth-order valence-corrected chi connectivity index (χ4v) is 2.03. The number of anilines is 1. The van der Waals surface area contributed by atoms with Crippen LogP contribution in [0.1, 0.15) is 23.0 Å². The number of H-pyrrole nitrogens is 1. The molecule has 0 radical (unpaired) electrons. The Balaban J connectivity index is 1.96. The van der Waals surface area contributed by atoms with E-state index in [9.17, 15) is 9.59 Å². The summed E-state index contributed by atoms with van der Waals surface area (Å²) in [5, 5.41) is 2.80.